The lowest BCUT2D eigenvalue weighted by Gasteiger charge is -2.18. The van der Waals surface area contributed by atoms with Gasteiger partial charge in [0.2, 0.25) is 0 Å². The van der Waals surface area contributed by atoms with Crippen molar-refractivity contribution in [1.29, 1.82) is 0 Å². The molecule has 0 saturated heterocycles. The van der Waals surface area contributed by atoms with Crippen LogP contribution in [-0.2, 0) is 28.6 Å². The second-order valence-electron chi connectivity index (χ2n) is 23.4. The minimum absolute atomic E-state index is 0.0728. The zero-order valence-electron chi connectivity index (χ0n) is 52.0. The Morgan fingerprint density at radius 3 is 0.753 bits per heavy atom. The Bertz CT molecular complexity index is 1290. The number of esters is 3. The average molecular weight is 1080 g/mol. The number of hydrogen-bond acceptors (Lipinski definition) is 6. The SMILES string of the molecule is CCCCC/C=C\C/C=C\CCCCCCCC(=O)OC(COC(=O)CCCCCCCCCCC)COC(=O)CCCCCCCCCCCCCCCCCCCCCCCCC/C=C\CCCCCCCCCC. The molecule has 0 aromatic heterocycles. The molecule has 0 spiro atoms. The van der Waals surface area contributed by atoms with Crippen molar-refractivity contribution >= 4 is 17.9 Å². The lowest BCUT2D eigenvalue weighted by atomic mass is 10.0. The normalized spacial score (nSPS) is 12.2. The largest absolute Gasteiger partial charge is 0.462 e. The molecule has 0 radical (unpaired) electrons. The maximum Gasteiger partial charge on any atom is 0.306 e. The number of allylic oxidation sites excluding steroid dienone is 6. The molecule has 0 N–H and O–H groups in total. The topological polar surface area (TPSA) is 78.9 Å². The molecule has 0 aliphatic rings. The highest BCUT2D eigenvalue weighted by Crippen LogP contribution is 2.18. The van der Waals surface area contributed by atoms with Gasteiger partial charge < -0.3 is 14.2 Å². The molecule has 0 amide bonds. The van der Waals surface area contributed by atoms with Crippen LogP contribution in [0.2, 0.25) is 0 Å². The summed E-state index contributed by atoms with van der Waals surface area (Å²) >= 11 is 0. The summed E-state index contributed by atoms with van der Waals surface area (Å²) in [5.74, 6) is -0.868. The van der Waals surface area contributed by atoms with Crippen molar-refractivity contribution in [1.82, 2.24) is 0 Å². The Balaban J connectivity index is 3.96. The van der Waals surface area contributed by atoms with Crippen LogP contribution in [0, 0.1) is 0 Å². The molecule has 452 valence electrons. The van der Waals surface area contributed by atoms with Crippen LogP contribution in [0.4, 0.5) is 0 Å². The molecule has 0 aliphatic heterocycles. The molecule has 77 heavy (non-hydrogen) atoms. The minimum Gasteiger partial charge on any atom is -0.462 e. The van der Waals surface area contributed by atoms with Crippen LogP contribution in [0.5, 0.6) is 0 Å². The quantitative estimate of drug-likeness (QED) is 0.0261. The number of carbonyl (C=O) groups excluding carboxylic acids is 3. The molecule has 0 rings (SSSR count). The number of unbranched alkanes of at least 4 members (excludes halogenated alkanes) is 47. The highest BCUT2D eigenvalue weighted by atomic mass is 16.6. The lowest BCUT2D eigenvalue weighted by molar-refractivity contribution is -0.167. The maximum absolute atomic E-state index is 12.8. The minimum atomic E-state index is -0.775. The number of carbonyl (C=O) groups is 3. The molecular formula is C71H132O6. The van der Waals surface area contributed by atoms with Crippen LogP contribution in [0.25, 0.3) is 0 Å². The molecule has 0 bridgehead atoms. The predicted molar refractivity (Wildman–Crippen MR) is 335 cm³/mol. The molecular weight excluding hydrogens is 949 g/mol. The van der Waals surface area contributed by atoms with Gasteiger partial charge in [-0.25, -0.2) is 0 Å². The van der Waals surface area contributed by atoms with E-state index in [9.17, 15) is 14.4 Å². The summed E-state index contributed by atoms with van der Waals surface area (Å²) in [5.41, 5.74) is 0. The highest BCUT2D eigenvalue weighted by Gasteiger charge is 2.19. The van der Waals surface area contributed by atoms with E-state index in [0.717, 1.165) is 83.5 Å². The predicted octanol–water partition coefficient (Wildman–Crippen LogP) is 23.6. The zero-order chi connectivity index (χ0) is 55.7. The van der Waals surface area contributed by atoms with E-state index < -0.39 is 6.10 Å². The van der Waals surface area contributed by atoms with E-state index >= 15 is 0 Å². The van der Waals surface area contributed by atoms with Crippen molar-refractivity contribution in [3.63, 3.8) is 0 Å². The maximum atomic E-state index is 12.8. The third kappa shape index (κ3) is 64.3. The smallest absolute Gasteiger partial charge is 0.306 e. The van der Waals surface area contributed by atoms with Gasteiger partial charge in [-0.15, -0.1) is 0 Å². The summed E-state index contributed by atoms with van der Waals surface area (Å²) < 4.78 is 16.9. The van der Waals surface area contributed by atoms with E-state index in [0.29, 0.717) is 19.3 Å². The Hall–Kier alpha value is -2.37. The molecule has 6 nitrogen and oxygen atoms in total. The summed E-state index contributed by atoms with van der Waals surface area (Å²) in [6.45, 7) is 6.63. The fourth-order valence-corrected chi connectivity index (χ4v) is 10.4. The molecule has 0 saturated carbocycles. The van der Waals surface area contributed by atoms with Gasteiger partial charge in [0.25, 0.3) is 0 Å². The van der Waals surface area contributed by atoms with Gasteiger partial charge in [-0.2, -0.15) is 0 Å². The van der Waals surface area contributed by atoms with Gasteiger partial charge in [0, 0.05) is 19.3 Å². The summed E-state index contributed by atoms with van der Waals surface area (Å²) in [5, 5.41) is 0. The van der Waals surface area contributed by atoms with Crippen molar-refractivity contribution in [2.24, 2.45) is 0 Å². The van der Waals surface area contributed by atoms with Crippen LogP contribution >= 0.6 is 0 Å². The number of ether oxygens (including phenoxy) is 3. The fraction of sp³-hybridized carbons (Fsp3) is 0.873. The van der Waals surface area contributed by atoms with E-state index in [4.69, 9.17) is 14.2 Å². The Morgan fingerprint density at radius 2 is 0.468 bits per heavy atom. The van der Waals surface area contributed by atoms with Gasteiger partial charge in [-0.05, 0) is 77.0 Å². The van der Waals surface area contributed by atoms with Crippen molar-refractivity contribution < 1.29 is 28.6 Å². The zero-order valence-corrected chi connectivity index (χ0v) is 52.0. The van der Waals surface area contributed by atoms with Crippen LogP contribution in [0.1, 0.15) is 380 Å². The summed E-state index contributed by atoms with van der Waals surface area (Å²) in [6, 6.07) is 0. The first-order chi connectivity index (χ1) is 38.0. The van der Waals surface area contributed by atoms with Crippen molar-refractivity contribution in [2.75, 3.05) is 13.2 Å². The third-order valence-electron chi connectivity index (χ3n) is 15.6. The molecule has 0 aromatic carbocycles. The van der Waals surface area contributed by atoms with Crippen LogP contribution in [0.15, 0.2) is 36.5 Å². The molecule has 0 aliphatic carbocycles. The summed E-state index contributed by atoms with van der Waals surface area (Å²) in [6.07, 6.45) is 82.1. The first-order valence-electron chi connectivity index (χ1n) is 34.5. The van der Waals surface area contributed by atoms with E-state index in [1.807, 2.05) is 0 Å². The van der Waals surface area contributed by atoms with Crippen LogP contribution in [0.3, 0.4) is 0 Å². The number of hydrogen-bond donors (Lipinski definition) is 0. The molecule has 1 unspecified atom stereocenters. The van der Waals surface area contributed by atoms with Gasteiger partial charge in [0.15, 0.2) is 6.10 Å². The lowest BCUT2D eigenvalue weighted by Crippen LogP contribution is -2.30. The van der Waals surface area contributed by atoms with Crippen LogP contribution < -0.4 is 0 Å². The van der Waals surface area contributed by atoms with E-state index in [-0.39, 0.29) is 31.1 Å². The molecule has 1 atom stereocenters. The Morgan fingerprint density at radius 1 is 0.260 bits per heavy atom. The molecule has 0 fully saturated rings. The van der Waals surface area contributed by atoms with E-state index in [1.54, 1.807) is 0 Å². The standard InChI is InChI=1S/C71H132O6/c1-4-7-10-13-16-19-21-23-25-26-27-28-29-30-31-32-33-34-35-36-37-38-39-40-41-42-43-44-46-47-49-52-55-58-61-64-70(73)76-67-68(66-75-69(72)63-60-57-54-51-18-15-12-9-6-3)77-71(74)65-62-59-56-53-50-48-45-24-22-20-17-14-11-8-5-2/h17,20,24,26-27,45,68H,4-16,18-19,21-23,25,28-44,46-67H2,1-3H3/b20-17-,27-26-,45-24-. The van der Waals surface area contributed by atoms with Gasteiger partial charge in [0.1, 0.15) is 13.2 Å². The van der Waals surface area contributed by atoms with Crippen LogP contribution in [-0.4, -0.2) is 37.2 Å². The molecule has 0 heterocycles. The van der Waals surface area contributed by atoms with Crippen molar-refractivity contribution in [3.05, 3.63) is 36.5 Å². The van der Waals surface area contributed by atoms with Crippen molar-refractivity contribution in [3.8, 4) is 0 Å². The molecule has 6 heteroatoms. The second kappa shape index (κ2) is 66.1. The average Bonchev–Trinajstić information content (AvgIpc) is 3.43. The van der Waals surface area contributed by atoms with E-state index in [1.165, 1.54) is 257 Å². The first-order valence-corrected chi connectivity index (χ1v) is 34.5. The molecule has 0 aromatic rings. The second-order valence-corrected chi connectivity index (χ2v) is 23.4. The van der Waals surface area contributed by atoms with E-state index in [2.05, 4.69) is 57.2 Å². The Kier molecular flexibility index (Phi) is 64.1. The summed E-state index contributed by atoms with van der Waals surface area (Å²) in [7, 11) is 0. The van der Waals surface area contributed by atoms with Gasteiger partial charge in [0.05, 0.1) is 0 Å². The van der Waals surface area contributed by atoms with Gasteiger partial charge >= 0.3 is 17.9 Å². The van der Waals surface area contributed by atoms with Gasteiger partial charge in [-0.1, -0.05) is 320 Å². The Labute approximate surface area is 480 Å². The first kappa shape index (κ1) is 74.6. The van der Waals surface area contributed by atoms with Crippen molar-refractivity contribution in [2.45, 2.75) is 386 Å². The number of rotatable bonds is 64. The van der Waals surface area contributed by atoms with Gasteiger partial charge in [-0.3, -0.25) is 14.4 Å². The third-order valence-corrected chi connectivity index (χ3v) is 15.6. The summed E-state index contributed by atoms with van der Waals surface area (Å²) in [4.78, 5) is 38.1. The fourth-order valence-electron chi connectivity index (χ4n) is 10.4. The highest BCUT2D eigenvalue weighted by molar-refractivity contribution is 5.71. The monoisotopic (exact) mass is 1080 g/mol.